The quantitative estimate of drug-likeness (QED) is 0.777. The fraction of sp³-hybridized carbons (Fsp3) is 0.154. The summed E-state index contributed by atoms with van der Waals surface area (Å²) < 4.78 is 1.37. The lowest BCUT2D eigenvalue weighted by Gasteiger charge is -2.06. The number of benzene rings is 1. The van der Waals surface area contributed by atoms with Crippen LogP contribution >= 0.6 is 0 Å². The second-order valence-electron chi connectivity index (χ2n) is 3.74. The SMILES string of the molecule is Cc1nn(Cc2ccccc2)c(=O)cc1C#N. The highest BCUT2D eigenvalue weighted by atomic mass is 16.1. The third-order valence-corrected chi connectivity index (χ3v) is 2.48. The third kappa shape index (κ3) is 2.40. The van der Waals surface area contributed by atoms with E-state index in [4.69, 9.17) is 5.26 Å². The maximum atomic E-state index is 11.7. The Kier molecular flexibility index (Phi) is 3.01. The van der Waals surface area contributed by atoms with E-state index >= 15 is 0 Å². The average molecular weight is 225 g/mol. The molecule has 0 atom stereocenters. The first-order chi connectivity index (χ1) is 8.20. The summed E-state index contributed by atoms with van der Waals surface area (Å²) in [6.45, 7) is 2.14. The largest absolute Gasteiger partial charge is 0.268 e. The molecule has 0 spiro atoms. The number of aromatic nitrogens is 2. The van der Waals surface area contributed by atoms with Gasteiger partial charge < -0.3 is 0 Å². The third-order valence-electron chi connectivity index (χ3n) is 2.48. The van der Waals surface area contributed by atoms with Crippen LogP contribution in [-0.2, 0) is 6.54 Å². The van der Waals surface area contributed by atoms with Crippen molar-refractivity contribution in [2.45, 2.75) is 13.5 Å². The van der Waals surface area contributed by atoms with Crippen molar-refractivity contribution in [2.75, 3.05) is 0 Å². The van der Waals surface area contributed by atoms with Gasteiger partial charge in [-0.3, -0.25) is 4.79 Å². The van der Waals surface area contributed by atoms with Crippen LogP contribution in [-0.4, -0.2) is 9.78 Å². The molecule has 0 aliphatic heterocycles. The summed E-state index contributed by atoms with van der Waals surface area (Å²) in [6.07, 6.45) is 0. The zero-order valence-corrected chi connectivity index (χ0v) is 9.42. The van der Waals surface area contributed by atoms with Crippen molar-refractivity contribution in [2.24, 2.45) is 0 Å². The molecule has 2 aromatic rings. The second kappa shape index (κ2) is 4.62. The number of nitrogens with zero attached hydrogens (tertiary/aromatic N) is 3. The van der Waals surface area contributed by atoms with Crippen LogP contribution in [0, 0.1) is 18.3 Å². The number of rotatable bonds is 2. The van der Waals surface area contributed by atoms with E-state index in [1.54, 1.807) is 6.92 Å². The molecule has 0 unspecified atom stereocenters. The summed E-state index contributed by atoms with van der Waals surface area (Å²) in [6, 6.07) is 12.9. The first kappa shape index (κ1) is 11.1. The molecular formula is C13H11N3O. The fourth-order valence-corrected chi connectivity index (χ4v) is 1.57. The standard InChI is InChI=1S/C13H11N3O/c1-10-12(8-14)7-13(17)16(15-10)9-11-5-3-2-4-6-11/h2-7H,9H2,1H3. The minimum absolute atomic E-state index is 0.254. The summed E-state index contributed by atoms with van der Waals surface area (Å²) in [4.78, 5) is 11.7. The highest BCUT2D eigenvalue weighted by Gasteiger charge is 2.04. The predicted molar refractivity (Wildman–Crippen MR) is 63.5 cm³/mol. The van der Waals surface area contributed by atoms with E-state index in [1.165, 1.54) is 10.7 Å². The summed E-state index contributed by atoms with van der Waals surface area (Å²) >= 11 is 0. The Hall–Kier alpha value is -2.41. The van der Waals surface area contributed by atoms with Gasteiger partial charge in [0, 0.05) is 6.07 Å². The molecule has 0 saturated carbocycles. The van der Waals surface area contributed by atoms with Gasteiger partial charge in [0.25, 0.3) is 5.56 Å². The molecule has 0 saturated heterocycles. The van der Waals surface area contributed by atoms with Gasteiger partial charge in [0.1, 0.15) is 6.07 Å². The summed E-state index contributed by atoms with van der Waals surface area (Å²) in [7, 11) is 0. The molecule has 4 nitrogen and oxygen atoms in total. The fourth-order valence-electron chi connectivity index (χ4n) is 1.57. The van der Waals surface area contributed by atoms with E-state index in [0.717, 1.165) is 5.56 Å². The van der Waals surface area contributed by atoms with E-state index in [9.17, 15) is 4.79 Å². The Balaban J connectivity index is 2.39. The van der Waals surface area contributed by atoms with Gasteiger partial charge in [0.2, 0.25) is 0 Å². The molecule has 0 aliphatic carbocycles. The maximum Gasteiger partial charge on any atom is 0.268 e. The van der Waals surface area contributed by atoms with E-state index in [2.05, 4.69) is 5.10 Å². The number of aryl methyl sites for hydroxylation is 1. The van der Waals surface area contributed by atoms with Crippen molar-refractivity contribution in [3.05, 3.63) is 63.6 Å². The van der Waals surface area contributed by atoms with Gasteiger partial charge in [-0.05, 0) is 12.5 Å². The molecule has 1 heterocycles. The van der Waals surface area contributed by atoms with Crippen molar-refractivity contribution in [1.82, 2.24) is 9.78 Å². The second-order valence-corrected chi connectivity index (χ2v) is 3.74. The van der Waals surface area contributed by atoms with Gasteiger partial charge in [-0.1, -0.05) is 30.3 Å². The molecule has 1 aromatic heterocycles. The Labute approximate surface area is 98.8 Å². The molecule has 84 valence electrons. The highest BCUT2D eigenvalue weighted by Crippen LogP contribution is 2.02. The normalized spacial score (nSPS) is 9.88. The van der Waals surface area contributed by atoms with Gasteiger partial charge in [0.15, 0.2) is 0 Å². The Bertz CT molecular complexity index is 623. The topological polar surface area (TPSA) is 58.7 Å². The van der Waals surface area contributed by atoms with Gasteiger partial charge in [-0.25, -0.2) is 4.68 Å². The van der Waals surface area contributed by atoms with Crippen LogP contribution in [0.1, 0.15) is 16.8 Å². The van der Waals surface area contributed by atoms with Crippen molar-refractivity contribution in [3.63, 3.8) is 0 Å². The summed E-state index contributed by atoms with van der Waals surface area (Å²) in [5.41, 5.74) is 1.66. The molecule has 4 heteroatoms. The predicted octanol–water partition coefficient (Wildman–Crippen LogP) is 1.47. The number of hydrogen-bond donors (Lipinski definition) is 0. The van der Waals surface area contributed by atoms with Gasteiger partial charge in [0.05, 0.1) is 17.8 Å². The van der Waals surface area contributed by atoms with E-state index in [0.29, 0.717) is 17.8 Å². The van der Waals surface area contributed by atoms with Crippen LogP contribution in [0.4, 0.5) is 0 Å². The van der Waals surface area contributed by atoms with Crippen molar-refractivity contribution in [3.8, 4) is 6.07 Å². The van der Waals surface area contributed by atoms with E-state index < -0.39 is 0 Å². The Morgan fingerprint density at radius 2 is 2.06 bits per heavy atom. The van der Waals surface area contributed by atoms with Crippen LogP contribution in [0.3, 0.4) is 0 Å². The molecule has 1 aromatic carbocycles. The lowest BCUT2D eigenvalue weighted by Crippen LogP contribution is -2.24. The summed E-state index contributed by atoms with van der Waals surface area (Å²) in [5.74, 6) is 0. The van der Waals surface area contributed by atoms with Gasteiger partial charge >= 0.3 is 0 Å². The minimum Gasteiger partial charge on any atom is -0.268 e. The molecule has 0 aliphatic rings. The molecule has 0 bridgehead atoms. The molecular weight excluding hydrogens is 214 g/mol. The molecule has 0 fully saturated rings. The van der Waals surface area contributed by atoms with Crippen molar-refractivity contribution >= 4 is 0 Å². The number of hydrogen-bond acceptors (Lipinski definition) is 3. The van der Waals surface area contributed by atoms with Crippen LogP contribution < -0.4 is 5.56 Å². The lowest BCUT2D eigenvalue weighted by molar-refractivity contribution is 0.627. The molecule has 0 radical (unpaired) electrons. The lowest BCUT2D eigenvalue weighted by atomic mass is 10.2. The monoisotopic (exact) mass is 225 g/mol. The van der Waals surface area contributed by atoms with E-state index in [-0.39, 0.29) is 5.56 Å². The molecule has 0 N–H and O–H groups in total. The number of nitriles is 1. The van der Waals surface area contributed by atoms with Crippen LogP contribution in [0.2, 0.25) is 0 Å². The zero-order chi connectivity index (χ0) is 12.3. The molecule has 0 amide bonds. The average Bonchev–Trinajstić information content (AvgIpc) is 2.34. The first-order valence-electron chi connectivity index (χ1n) is 5.23. The highest BCUT2D eigenvalue weighted by molar-refractivity contribution is 5.30. The van der Waals surface area contributed by atoms with Crippen LogP contribution in [0.25, 0.3) is 0 Å². The van der Waals surface area contributed by atoms with Crippen LogP contribution in [0.15, 0.2) is 41.2 Å². The maximum absolute atomic E-state index is 11.7. The van der Waals surface area contributed by atoms with Gasteiger partial charge in [-0.15, -0.1) is 0 Å². The Morgan fingerprint density at radius 3 is 2.71 bits per heavy atom. The van der Waals surface area contributed by atoms with Crippen LogP contribution in [0.5, 0.6) is 0 Å². The minimum atomic E-state index is -0.254. The van der Waals surface area contributed by atoms with Gasteiger partial charge in [-0.2, -0.15) is 10.4 Å². The first-order valence-corrected chi connectivity index (χ1v) is 5.23. The van der Waals surface area contributed by atoms with E-state index in [1.807, 2.05) is 36.4 Å². The molecule has 2 rings (SSSR count). The van der Waals surface area contributed by atoms with Crippen molar-refractivity contribution < 1.29 is 0 Å². The van der Waals surface area contributed by atoms with Crippen molar-refractivity contribution in [1.29, 1.82) is 5.26 Å². The Morgan fingerprint density at radius 1 is 1.35 bits per heavy atom. The zero-order valence-electron chi connectivity index (χ0n) is 9.42. The smallest absolute Gasteiger partial charge is 0.268 e. The molecule has 17 heavy (non-hydrogen) atoms. The summed E-state index contributed by atoms with van der Waals surface area (Å²) in [5, 5.41) is 12.9.